The summed E-state index contributed by atoms with van der Waals surface area (Å²) in [5, 5.41) is 8.90. The minimum Gasteiger partial charge on any atom is -0.497 e. The summed E-state index contributed by atoms with van der Waals surface area (Å²) in [5.74, 6) is 1.66. The van der Waals surface area contributed by atoms with E-state index in [1.54, 1.807) is 56.7 Å². The van der Waals surface area contributed by atoms with Gasteiger partial charge in [-0.3, -0.25) is 4.79 Å². The van der Waals surface area contributed by atoms with E-state index in [0.29, 0.717) is 38.8 Å². The lowest BCUT2D eigenvalue weighted by Gasteiger charge is -2.07. The van der Waals surface area contributed by atoms with E-state index in [-0.39, 0.29) is 11.5 Å². The topological polar surface area (TPSA) is 74.5 Å². The largest absolute Gasteiger partial charge is 0.497 e. The third kappa shape index (κ3) is 4.17. The fraction of sp³-hybridized carbons (Fsp3) is 0.167. The van der Waals surface area contributed by atoms with E-state index >= 15 is 0 Å². The van der Waals surface area contributed by atoms with Crippen molar-refractivity contribution in [2.75, 3.05) is 20.0 Å². The number of rotatable bonds is 7. The smallest absolute Gasteiger partial charge is 0.277 e. The lowest BCUT2D eigenvalue weighted by molar-refractivity contribution is 0.102. The first-order valence-corrected chi connectivity index (χ1v) is 8.94. The molecular formula is C18H15ClN2O4S. The highest BCUT2D eigenvalue weighted by Gasteiger charge is 2.16. The number of carbonyl (C=O) groups is 1. The van der Waals surface area contributed by atoms with Gasteiger partial charge in [-0.25, -0.2) is 0 Å². The Morgan fingerprint density at radius 2 is 1.88 bits per heavy atom. The molecule has 0 radical (unpaired) electrons. The molecule has 26 heavy (non-hydrogen) atoms. The highest BCUT2D eigenvalue weighted by Crippen LogP contribution is 2.33. The summed E-state index contributed by atoms with van der Waals surface area (Å²) in [4.78, 5) is 12.2. The van der Waals surface area contributed by atoms with Gasteiger partial charge in [0.2, 0.25) is 0 Å². The zero-order valence-corrected chi connectivity index (χ0v) is 15.6. The van der Waals surface area contributed by atoms with Crippen LogP contribution in [0, 0.1) is 0 Å². The van der Waals surface area contributed by atoms with Gasteiger partial charge in [-0.2, -0.15) is 0 Å². The Bertz CT molecular complexity index is 912. The molecule has 134 valence electrons. The van der Waals surface area contributed by atoms with Crippen molar-refractivity contribution < 1.29 is 18.7 Å². The van der Waals surface area contributed by atoms with Crippen molar-refractivity contribution >= 4 is 29.1 Å². The third-order valence-electron chi connectivity index (χ3n) is 3.54. The number of nitrogens with zero attached hydrogens (tertiary/aromatic N) is 2. The van der Waals surface area contributed by atoms with Crippen LogP contribution in [0.15, 0.2) is 52.1 Å². The summed E-state index contributed by atoms with van der Waals surface area (Å²) in [6, 6.07) is 12.0. The van der Waals surface area contributed by atoms with Crippen LogP contribution in [0.2, 0.25) is 5.02 Å². The third-order valence-corrected chi connectivity index (χ3v) is 4.61. The SMILES string of the molecule is COc1ccc(-c2nnc(SCC(=O)c3ccc(Cl)cc3)o2)c(OC)c1. The van der Waals surface area contributed by atoms with Gasteiger partial charge in [-0.05, 0) is 36.4 Å². The second-order valence-electron chi connectivity index (χ2n) is 5.16. The maximum Gasteiger partial charge on any atom is 0.277 e. The molecule has 1 aromatic heterocycles. The summed E-state index contributed by atoms with van der Waals surface area (Å²) in [6.45, 7) is 0. The van der Waals surface area contributed by atoms with Crippen LogP contribution in [-0.2, 0) is 0 Å². The number of hydrogen-bond donors (Lipinski definition) is 0. The summed E-state index contributed by atoms with van der Waals surface area (Å²) in [6.07, 6.45) is 0. The van der Waals surface area contributed by atoms with Gasteiger partial charge in [0, 0.05) is 16.7 Å². The summed E-state index contributed by atoms with van der Waals surface area (Å²) < 4.78 is 16.1. The first kappa shape index (κ1) is 18.3. The lowest BCUT2D eigenvalue weighted by atomic mass is 10.1. The van der Waals surface area contributed by atoms with Gasteiger partial charge in [-0.1, -0.05) is 23.4 Å². The minimum atomic E-state index is -0.0477. The summed E-state index contributed by atoms with van der Waals surface area (Å²) >= 11 is 7.00. The van der Waals surface area contributed by atoms with E-state index in [2.05, 4.69) is 10.2 Å². The average Bonchev–Trinajstić information content (AvgIpc) is 3.15. The summed E-state index contributed by atoms with van der Waals surface area (Å²) in [7, 11) is 3.13. The number of aromatic nitrogens is 2. The quantitative estimate of drug-likeness (QED) is 0.437. The van der Waals surface area contributed by atoms with Crippen molar-refractivity contribution in [3.8, 4) is 23.0 Å². The van der Waals surface area contributed by atoms with E-state index in [0.717, 1.165) is 0 Å². The molecule has 0 spiro atoms. The molecule has 0 aliphatic carbocycles. The molecule has 0 fully saturated rings. The number of ketones is 1. The molecule has 3 aromatic rings. The molecule has 2 aromatic carbocycles. The molecule has 1 heterocycles. The molecule has 8 heteroatoms. The summed E-state index contributed by atoms with van der Waals surface area (Å²) in [5.41, 5.74) is 1.23. The van der Waals surface area contributed by atoms with Crippen LogP contribution < -0.4 is 9.47 Å². The predicted octanol–water partition coefficient (Wildman–Crippen LogP) is 4.38. The Morgan fingerprint density at radius 1 is 1.12 bits per heavy atom. The first-order valence-electron chi connectivity index (χ1n) is 7.58. The number of halogens is 1. The van der Waals surface area contributed by atoms with Gasteiger partial charge < -0.3 is 13.9 Å². The van der Waals surface area contributed by atoms with Gasteiger partial charge in [0.25, 0.3) is 11.1 Å². The van der Waals surface area contributed by atoms with Crippen LogP contribution in [0.25, 0.3) is 11.5 Å². The number of ether oxygens (including phenoxy) is 2. The molecule has 0 unspecified atom stereocenters. The van der Waals surface area contributed by atoms with E-state index < -0.39 is 0 Å². The van der Waals surface area contributed by atoms with Gasteiger partial charge in [0.15, 0.2) is 5.78 Å². The average molecular weight is 391 g/mol. The second kappa shape index (κ2) is 8.25. The number of benzene rings is 2. The van der Waals surface area contributed by atoms with Gasteiger partial charge in [0.05, 0.1) is 25.5 Å². The fourth-order valence-electron chi connectivity index (χ4n) is 2.20. The zero-order chi connectivity index (χ0) is 18.5. The van der Waals surface area contributed by atoms with Crippen LogP contribution in [0.1, 0.15) is 10.4 Å². The maximum atomic E-state index is 12.2. The molecule has 0 aliphatic rings. The van der Waals surface area contributed by atoms with Crippen LogP contribution in [0.4, 0.5) is 0 Å². The number of thioether (sulfide) groups is 1. The second-order valence-corrected chi connectivity index (χ2v) is 6.52. The van der Waals surface area contributed by atoms with Crippen molar-refractivity contribution in [1.82, 2.24) is 10.2 Å². The van der Waals surface area contributed by atoms with Crippen molar-refractivity contribution in [2.45, 2.75) is 5.22 Å². The molecule has 0 saturated heterocycles. The first-order chi connectivity index (χ1) is 12.6. The highest BCUT2D eigenvalue weighted by atomic mass is 35.5. The van der Waals surface area contributed by atoms with Crippen molar-refractivity contribution in [3.05, 3.63) is 53.1 Å². The highest BCUT2D eigenvalue weighted by molar-refractivity contribution is 7.99. The number of carbonyl (C=O) groups excluding carboxylic acids is 1. The van der Waals surface area contributed by atoms with Crippen molar-refractivity contribution in [1.29, 1.82) is 0 Å². The molecule has 0 atom stereocenters. The maximum absolute atomic E-state index is 12.2. The Labute approximate surface area is 159 Å². The molecule has 0 amide bonds. The number of hydrogen-bond acceptors (Lipinski definition) is 7. The Balaban J connectivity index is 1.70. The molecule has 6 nitrogen and oxygen atoms in total. The molecule has 0 aliphatic heterocycles. The number of Topliss-reactive ketones (excluding diaryl/α,β-unsaturated/α-hetero) is 1. The minimum absolute atomic E-state index is 0.0477. The number of methoxy groups -OCH3 is 2. The lowest BCUT2D eigenvalue weighted by Crippen LogP contribution is -2.01. The fourth-order valence-corrected chi connectivity index (χ4v) is 2.98. The monoisotopic (exact) mass is 390 g/mol. The Morgan fingerprint density at radius 3 is 2.58 bits per heavy atom. The molecule has 0 N–H and O–H groups in total. The van der Waals surface area contributed by atoms with E-state index in [9.17, 15) is 4.79 Å². The normalized spacial score (nSPS) is 10.6. The molecule has 0 saturated carbocycles. The molecule has 3 rings (SSSR count). The van der Waals surface area contributed by atoms with Crippen LogP contribution in [0.3, 0.4) is 0 Å². The Hall–Kier alpha value is -2.51. The van der Waals surface area contributed by atoms with Crippen LogP contribution >= 0.6 is 23.4 Å². The standard InChI is InChI=1S/C18H15ClN2O4S/c1-23-13-7-8-14(16(9-13)24-2)17-20-21-18(25-17)26-10-15(22)11-3-5-12(19)6-4-11/h3-9H,10H2,1-2H3. The van der Waals surface area contributed by atoms with Crippen LogP contribution in [0.5, 0.6) is 11.5 Å². The van der Waals surface area contributed by atoms with Gasteiger partial charge in [0.1, 0.15) is 11.5 Å². The van der Waals surface area contributed by atoms with E-state index in [4.69, 9.17) is 25.5 Å². The van der Waals surface area contributed by atoms with E-state index in [1.807, 2.05) is 0 Å². The van der Waals surface area contributed by atoms with Gasteiger partial charge >= 0.3 is 0 Å². The Kier molecular flexibility index (Phi) is 5.80. The molecular weight excluding hydrogens is 376 g/mol. The zero-order valence-electron chi connectivity index (χ0n) is 14.1. The van der Waals surface area contributed by atoms with Crippen LogP contribution in [-0.4, -0.2) is 36.0 Å². The van der Waals surface area contributed by atoms with E-state index in [1.165, 1.54) is 11.8 Å². The van der Waals surface area contributed by atoms with Crippen molar-refractivity contribution in [2.24, 2.45) is 0 Å². The van der Waals surface area contributed by atoms with Crippen molar-refractivity contribution in [3.63, 3.8) is 0 Å². The predicted molar refractivity (Wildman–Crippen MR) is 99.3 cm³/mol. The molecule has 0 bridgehead atoms. The van der Waals surface area contributed by atoms with Gasteiger partial charge in [-0.15, -0.1) is 10.2 Å².